The van der Waals surface area contributed by atoms with Gasteiger partial charge in [-0.05, 0) is 47.1 Å². The van der Waals surface area contributed by atoms with Crippen LogP contribution in [-0.2, 0) is 19.9 Å². The first-order valence-corrected chi connectivity index (χ1v) is 8.68. The Kier molecular flexibility index (Phi) is 5.40. The van der Waals surface area contributed by atoms with E-state index >= 15 is 0 Å². The van der Waals surface area contributed by atoms with Crippen molar-refractivity contribution in [3.05, 3.63) is 34.9 Å². The van der Waals surface area contributed by atoms with Crippen LogP contribution < -0.4 is 0 Å². The van der Waals surface area contributed by atoms with Gasteiger partial charge in [-0.1, -0.05) is 18.2 Å². The Morgan fingerprint density at radius 2 is 1.96 bits per heavy atom. The van der Waals surface area contributed by atoms with Crippen molar-refractivity contribution in [2.75, 3.05) is 0 Å². The maximum atomic E-state index is 12.3. The fourth-order valence-electron chi connectivity index (χ4n) is 3.09. The molecule has 0 spiro atoms. The van der Waals surface area contributed by atoms with Gasteiger partial charge in [0.25, 0.3) is 0 Å². The fourth-order valence-corrected chi connectivity index (χ4v) is 3.09. The predicted molar refractivity (Wildman–Crippen MR) is 97.0 cm³/mol. The quantitative estimate of drug-likeness (QED) is 0.432. The monoisotopic (exact) mass is 364 g/mol. The smallest absolute Gasteiger partial charge is 0.333 e. The van der Waals surface area contributed by atoms with Gasteiger partial charge in [0.2, 0.25) is 0 Å². The second kappa shape index (κ2) is 6.93. The van der Waals surface area contributed by atoms with Gasteiger partial charge in [-0.3, -0.25) is 0 Å². The van der Waals surface area contributed by atoms with Crippen molar-refractivity contribution in [3.63, 3.8) is 0 Å². The number of ether oxygens (including phenoxy) is 2. The molecule has 0 amide bonds. The topological polar surface area (TPSA) is 96.2 Å². The van der Waals surface area contributed by atoms with Gasteiger partial charge in [-0.25, -0.2) is 4.79 Å². The summed E-state index contributed by atoms with van der Waals surface area (Å²) in [6.07, 6.45) is 0.558. The average molecular weight is 364 g/mol. The Bertz CT molecular complexity index is 731. The van der Waals surface area contributed by atoms with Crippen LogP contribution in [0, 0.1) is 6.92 Å². The fraction of sp³-hybridized carbons (Fsp3) is 0.550. The van der Waals surface area contributed by atoms with Crippen molar-refractivity contribution >= 4 is 5.97 Å². The molecule has 0 aromatic heterocycles. The lowest BCUT2D eigenvalue weighted by Gasteiger charge is -2.33. The van der Waals surface area contributed by atoms with Crippen molar-refractivity contribution in [3.8, 4) is 11.5 Å². The highest BCUT2D eigenvalue weighted by atomic mass is 16.6. The molecule has 144 valence electrons. The minimum atomic E-state index is -1.22. The van der Waals surface area contributed by atoms with Crippen LogP contribution in [0.25, 0.3) is 0 Å². The molecule has 6 nitrogen and oxygen atoms in total. The lowest BCUT2D eigenvalue weighted by atomic mass is 9.87. The van der Waals surface area contributed by atoms with E-state index < -0.39 is 29.4 Å². The molecule has 3 N–H and O–H groups in total. The van der Waals surface area contributed by atoms with Crippen LogP contribution in [0.4, 0.5) is 0 Å². The molecule has 1 fully saturated rings. The molecule has 1 aliphatic rings. The SMILES string of the molecule is C/C=C(/C)C(=O)O[C@@H]1C[C@H](C(C)(C)O)O[C@@]1(C)c1ccc(C)c(O)c1O. The number of benzene rings is 1. The molecular weight excluding hydrogens is 336 g/mol. The third-order valence-electron chi connectivity index (χ3n) is 5.11. The zero-order valence-electron chi connectivity index (χ0n) is 16.2. The number of carbonyl (C=O) groups excluding carboxylic acids is 1. The molecule has 0 aliphatic carbocycles. The summed E-state index contributed by atoms with van der Waals surface area (Å²) in [5.74, 6) is -1.04. The highest BCUT2D eigenvalue weighted by molar-refractivity contribution is 5.87. The molecule has 0 bridgehead atoms. The Morgan fingerprint density at radius 3 is 2.50 bits per heavy atom. The Balaban J connectivity index is 2.50. The number of aliphatic hydroxyl groups is 1. The number of hydrogen-bond acceptors (Lipinski definition) is 6. The summed E-state index contributed by atoms with van der Waals surface area (Å²) in [7, 11) is 0. The van der Waals surface area contributed by atoms with E-state index in [9.17, 15) is 20.1 Å². The summed E-state index contributed by atoms with van der Waals surface area (Å²) in [4.78, 5) is 12.3. The van der Waals surface area contributed by atoms with E-state index in [1.165, 1.54) is 0 Å². The van der Waals surface area contributed by atoms with E-state index in [0.29, 0.717) is 16.7 Å². The highest BCUT2D eigenvalue weighted by Gasteiger charge is 2.53. The molecule has 1 heterocycles. The first kappa shape index (κ1) is 20.3. The molecule has 1 aliphatic heterocycles. The van der Waals surface area contributed by atoms with Gasteiger partial charge in [-0.2, -0.15) is 0 Å². The van der Waals surface area contributed by atoms with Gasteiger partial charge in [-0.15, -0.1) is 0 Å². The van der Waals surface area contributed by atoms with Gasteiger partial charge >= 0.3 is 5.97 Å². The van der Waals surface area contributed by atoms with Gasteiger partial charge in [0.05, 0.1) is 11.7 Å². The van der Waals surface area contributed by atoms with Crippen molar-refractivity contribution in [2.24, 2.45) is 0 Å². The Labute approximate surface area is 154 Å². The van der Waals surface area contributed by atoms with E-state index in [1.54, 1.807) is 59.8 Å². The minimum absolute atomic E-state index is 0.242. The molecular formula is C20H28O6. The highest BCUT2D eigenvalue weighted by Crippen LogP contribution is 2.49. The zero-order valence-corrected chi connectivity index (χ0v) is 16.2. The van der Waals surface area contributed by atoms with Gasteiger partial charge in [0.15, 0.2) is 11.5 Å². The number of esters is 1. The standard InChI is InChI=1S/C20H28O6/c1-7-11(2)18(23)25-15-10-14(19(4,5)24)26-20(15,6)13-9-8-12(3)16(21)17(13)22/h7-9,14-15,21-22,24H,10H2,1-6H3/b11-7-/t14-,15-,20+/m1/s1. The molecule has 3 atom stereocenters. The molecule has 0 unspecified atom stereocenters. The molecule has 1 aromatic rings. The van der Waals surface area contributed by atoms with Crippen molar-refractivity contribution < 1.29 is 29.6 Å². The van der Waals surface area contributed by atoms with Crippen LogP contribution in [-0.4, -0.2) is 39.1 Å². The van der Waals surface area contributed by atoms with Crippen LogP contribution in [0.1, 0.15) is 52.2 Å². The van der Waals surface area contributed by atoms with Crippen LogP contribution >= 0.6 is 0 Å². The summed E-state index contributed by atoms with van der Waals surface area (Å²) in [6, 6.07) is 3.30. The van der Waals surface area contributed by atoms with Crippen molar-refractivity contribution in [2.45, 2.75) is 71.4 Å². The minimum Gasteiger partial charge on any atom is -0.504 e. The third-order valence-corrected chi connectivity index (χ3v) is 5.11. The second-order valence-corrected chi connectivity index (χ2v) is 7.60. The molecule has 0 radical (unpaired) electrons. The normalized spacial score (nSPS) is 26.8. The molecule has 6 heteroatoms. The number of aryl methyl sites for hydroxylation is 1. The summed E-state index contributed by atoms with van der Waals surface area (Å²) in [6.45, 7) is 9.98. The largest absolute Gasteiger partial charge is 0.504 e. The lowest BCUT2D eigenvalue weighted by Crippen LogP contribution is -2.38. The Morgan fingerprint density at radius 1 is 1.35 bits per heavy atom. The number of rotatable bonds is 4. The first-order valence-electron chi connectivity index (χ1n) is 8.68. The molecule has 0 saturated carbocycles. The first-order chi connectivity index (χ1) is 11.9. The number of phenols is 2. The predicted octanol–water partition coefficient (Wildman–Crippen LogP) is 3.06. The van der Waals surface area contributed by atoms with Crippen LogP contribution in [0.3, 0.4) is 0 Å². The summed E-state index contributed by atoms with van der Waals surface area (Å²) >= 11 is 0. The van der Waals surface area contributed by atoms with Gasteiger partial charge in [0, 0.05) is 17.6 Å². The number of aromatic hydroxyl groups is 2. The van der Waals surface area contributed by atoms with Crippen LogP contribution in [0.5, 0.6) is 11.5 Å². The maximum Gasteiger partial charge on any atom is 0.333 e. The van der Waals surface area contributed by atoms with Crippen molar-refractivity contribution in [1.29, 1.82) is 0 Å². The van der Waals surface area contributed by atoms with E-state index in [1.807, 2.05) is 0 Å². The summed E-state index contributed by atoms with van der Waals surface area (Å²) in [5, 5.41) is 30.9. The van der Waals surface area contributed by atoms with E-state index in [2.05, 4.69) is 0 Å². The molecule has 1 saturated heterocycles. The summed E-state index contributed by atoms with van der Waals surface area (Å²) < 4.78 is 11.7. The number of phenolic OH excluding ortho intramolecular Hbond substituents is 2. The zero-order chi connectivity index (χ0) is 19.9. The maximum absolute atomic E-state index is 12.3. The second-order valence-electron chi connectivity index (χ2n) is 7.60. The summed E-state index contributed by atoms with van der Waals surface area (Å²) in [5.41, 5.74) is -1.10. The van der Waals surface area contributed by atoms with Crippen molar-refractivity contribution in [1.82, 2.24) is 0 Å². The molecule has 26 heavy (non-hydrogen) atoms. The number of allylic oxidation sites excluding steroid dienone is 1. The molecule has 2 rings (SSSR count). The number of hydrogen-bond donors (Lipinski definition) is 3. The van der Waals surface area contributed by atoms with E-state index in [0.717, 1.165) is 0 Å². The van der Waals surface area contributed by atoms with Gasteiger partial charge < -0.3 is 24.8 Å². The Hall–Kier alpha value is -2.05. The van der Waals surface area contributed by atoms with E-state index in [4.69, 9.17) is 9.47 Å². The molecule has 1 aromatic carbocycles. The third kappa shape index (κ3) is 3.57. The van der Waals surface area contributed by atoms with Gasteiger partial charge in [0.1, 0.15) is 11.7 Å². The average Bonchev–Trinajstić information content (AvgIpc) is 2.89. The van der Waals surface area contributed by atoms with Crippen LogP contribution in [0.2, 0.25) is 0 Å². The lowest BCUT2D eigenvalue weighted by molar-refractivity contribution is -0.160. The van der Waals surface area contributed by atoms with E-state index in [-0.39, 0.29) is 17.9 Å². The number of carbonyl (C=O) groups is 1. The van der Waals surface area contributed by atoms with Crippen LogP contribution in [0.15, 0.2) is 23.8 Å².